The van der Waals surface area contributed by atoms with E-state index in [0.717, 1.165) is 11.3 Å². The van der Waals surface area contributed by atoms with Crippen molar-refractivity contribution < 1.29 is 19.1 Å². The zero-order chi connectivity index (χ0) is 19.9. The van der Waals surface area contributed by atoms with Gasteiger partial charge in [-0.15, -0.1) is 0 Å². The Morgan fingerprint density at radius 3 is 1.96 bits per heavy atom. The number of benzene rings is 3. The smallest absolute Gasteiger partial charge is 0.343 e. The Labute approximate surface area is 168 Å². The van der Waals surface area contributed by atoms with Gasteiger partial charge in [0.05, 0.1) is 12.7 Å². The number of carbonyl (C=O) groups is 2. The maximum Gasteiger partial charge on any atom is 0.343 e. The number of esters is 1. The summed E-state index contributed by atoms with van der Waals surface area (Å²) in [6.07, 6.45) is 3.23. The van der Waals surface area contributed by atoms with E-state index in [1.54, 1.807) is 61.7 Å². The number of allylic oxidation sites excluding steroid dienone is 1. The quantitative estimate of drug-likeness (QED) is 0.242. The van der Waals surface area contributed by atoms with E-state index in [1.807, 2.05) is 24.3 Å². The molecule has 0 unspecified atom stereocenters. The highest BCUT2D eigenvalue weighted by Gasteiger charge is 2.09. The highest BCUT2D eigenvalue weighted by Crippen LogP contribution is 2.17. The molecule has 140 valence electrons. The summed E-state index contributed by atoms with van der Waals surface area (Å²) in [5.74, 6) is 0.476. The first-order valence-electron chi connectivity index (χ1n) is 8.49. The van der Waals surface area contributed by atoms with E-state index in [9.17, 15) is 9.59 Å². The van der Waals surface area contributed by atoms with E-state index in [0.29, 0.717) is 21.9 Å². The molecule has 0 heterocycles. The molecular weight excluding hydrogens is 376 g/mol. The fourth-order valence-corrected chi connectivity index (χ4v) is 2.55. The largest absolute Gasteiger partial charge is 0.497 e. The Morgan fingerprint density at radius 2 is 1.36 bits per heavy atom. The number of methoxy groups -OCH3 is 1. The van der Waals surface area contributed by atoms with Crippen molar-refractivity contribution in [2.75, 3.05) is 7.11 Å². The predicted molar refractivity (Wildman–Crippen MR) is 109 cm³/mol. The van der Waals surface area contributed by atoms with E-state index in [4.69, 9.17) is 21.1 Å². The molecule has 0 bridgehead atoms. The molecular formula is C23H17ClO4. The highest BCUT2D eigenvalue weighted by molar-refractivity contribution is 6.30. The lowest BCUT2D eigenvalue weighted by atomic mass is 10.1. The summed E-state index contributed by atoms with van der Waals surface area (Å²) in [5.41, 5.74) is 1.78. The maximum absolute atomic E-state index is 12.3. The van der Waals surface area contributed by atoms with Crippen molar-refractivity contribution >= 4 is 29.4 Å². The van der Waals surface area contributed by atoms with Gasteiger partial charge in [-0.1, -0.05) is 29.8 Å². The minimum atomic E-state index is -0.491. The van der Waals surface area contributed by atoms with Gasteiger partial charge in [-0.2, -0.15) is 0 Å². The first kappa shape index (κ1) is 19.4. The molecule has 28 heavy (non-hydrogen) atoms. The number of ether oxygens (including phenoxy) is 2. The fraction of sp³-hybridized carbons (Fsp3) is 0.0435. The van der Waals surface area contributed by atoms with Gasteiger partial charge >= 0.3 is 5.97 Å². The first-order valence-corrected chi connectivity index (χ1v) is 8.87. The molecule has 0 aliphatic carbocycles. The van der Waals surface area contributed by atoms with Crippen molar-refractivity contribution in [3.05, 3.63) is 101 Å². The summed E-state index contributed by atoms with van der Waals surface area (Å²) in [6, 6.07) is 20.2. The highest BCUT2D eigenvalue weighted by atomic mass is 35.5. The second-order valence-corrected chi connectivity index (χ2v) is 6.33. The van der Waals surface area contributed by atoms with Crippen LogP contribution in [0.4, 0.5) is 0 Å². The number of halogens is 1. The lowest BCUT2D eigenvalue weighted by Crippen LogP contribution is -2.08. The third-order valence-electron chi connectivity index (χ3n) is 3.97. The standard InChI is InChI=1S/C23H17ClO4/c1-27-20-11-2-16(3-12-20)4-15-22(25)17-7-13-21(14-8-17)28-23(26)18-5-9-19(24)10-6-18/h2-15H,1H3/b15-4+. The van der Waals surface area contributed by atoms with Gasteiger partial charge in [-0.3, -0.25) is 4.79 Å². The zero-order valence-electron chi connectivity index (χ0n) is 15.1. The van der Waals surface area contributed by atoms with E-state index < -0.39 is 5.97 Å². The van der Waals surface area contributed by atoms with Crippen molar-refractivity contribution in [2.45, 2.75) is 0 Å². The third-order valence-corrected chi connectivity index (χ3v) is 4.22. The molecule has 4 nitrogen and oxygen atoms in total. The van der Waals surface area contributed by atoms with Crippen LogP contribution in [0.5, 0.6) is 11.5 Å². The van der Waals surface area contributed by atoms with Gasteiger partial charge in [-0.05, 0) is 72.3 Å². The Hall–Kier alpha value is -3.37. The lowest BCUT2D eigenvalue weighted by molar-refractivity contribution is 0.0734. The van der Waals surface area contributed by atoms with Crippen LogP contribution in [0.25, 0.3) is 6.08 Å². The minimum absolute atomic E-state index is 0.147. The molecule has 0 spiro atoms. The zero-order valence-corrected chi connectivity index (χ0v) is 15.8. The third kappa shape index (κ3) is 5.09. The number of ketones is 1. The molecule has 0 aliphatic heterocycles. The van der Waals surface area contributed by atoms with Crippen LogP contribution in [-0.2, 0) is 0 Å². The summed E-state index contributed by atoms with van der Waals surface area (Å²) < 4.78 is 10.4. The van der Waals surface area contributed by atoms with Crippen LogP contribution in [0.3, 0.4) is 0 Å². The van der Waals surface area contributed by atoms with Crippen molar-refractivity contribution in [2.24, 2.45) is 0 Å². The topological polar surface area (TPSA) is 52.6 Å². The predicted octanol–water partition coefficient (Wildman–Crippen LogP) is 5.46. The Bertz CT molecular complexity index is 988. The monoisotopic (exact) mass is 392 g/mol. The van der Waals surface area contributed by atoms with E-state index >= 15 is 0 Å². The molecule has 5 heteroatoms. The number of hydrogen-bond acceptors (Lipinski definition) is 4. The lowest BCUT2D eigenvalue weighted by Gasteiger charge is -2.05. The van der Waals surface area contributed by atoms with Gasteiger partial charge < -0.3 is 9.47 Å². The SMILES string of the molecule is COc1ccc(/C=C/C(=O)c2ccc(OC(=O)c3ccc(Cl)cc3)cc2)cc1. The minimum Gasteiger partial charge on any atom is -0.497 e. The molecule has 0 aliphatic rings. The fourth-order valence-electron chi connectivity index (χ4n) is 2.42. The van der Waals surface area contributed by atoms with Crippen LogP contribution in [-0.4, -0.2) is 18.9 Å². The number of carbonyl (C=O) groups excluding carboxylic acids is 2. The second-order valence-electron chi connectivity index (χ2n) is 5.89. The average molecular weight is 393 g/mol. The molecule has 3 rings (SSSR count). The Balaban J connectivity index is 1.62. The molecule has 0 aromatic heterocycles. The molecule has 0 radical (unpaired) electrons. The summed E-state index contributed by atoms with van der Waals surface area (Å²) in [6.45, 7) is 0. The van der Waals surface area contributed by atoms with Crippen molar-refractivity contribution in [1.29, 1.82) is 0 Å². The van der Waals surface area contributed by atoms with Crippen LogP contribution in [0.2, 0.25) is 5.02 Å². The molecule has 0 atom stereocenters. The van der Waals surface area contributed by atoms with Gasteiger partial charge in [0.1, 0.15) is 11.5 Å². The first-order chi connectivity index (χ1) is 13.5. The van der Waals surface area contributed by atoms with Crippen LogP contribution in [0, 0.1) is 0 Å². The van der Waals surface area contributed by atoms with Crippen LogP contribution in [0.15, 0.2) is 78.9 Å². The summed E-state index contributed by atoms with van der Waals surface area (Å²) in [5, 5.41) is 0.544. The number of rotatable bonds is 6. The van der Waals surface area contributed by atoms with Crippen LogP contribution in [0.1, 0.15) is 26.3 Å². The van der Waals surface area contributed by atoms with E-state index in [2.05, 4.69) is 0 Å². The van der Waals surface area contributed by atoms with Gasteiger partial charge in [0.15, 0.2) is 5.78 Å². The second kappa shape index (κ2) is 9.02. The molecule has 3 aromatic carbocycles. The summed E-state index contributed by atoms with van der Waals surface area (Å²) >= 11 is 5.81. The van der Waals surface area contributed by atoms with Crippen molar-refractivity contribution in [1.82, 2.24) is 0 Å². The van der Waals surface area contributed by atoms with Gasteiger partial charge in [-0.25, -0.2) is 4.79 Å². The van der Waals surface area contributed by atoms with Crippen molar-refractivity contribution in [3.8, 4) is 11.5 Å². The summed E-state index contributed by atoms with van der Waals surface area (Å²) in [7, 11) is 1.60. The average Bonchev–Trinajstić information content (AvgIpc) is 2.73. The van der Waals surface area contributed by atoms with E-state index in [-0.39, 0.29) is 5.78 Å². The molecule has 0 saturated carbocycles. The van der Waals surface area contributed by atoms with Crippen molar-refractivity contribution in [3.63, 3.8) is 0 Å². The van der Waals surface area contributed by atoms with Crippen LogP contribution < -0.4 is 9.47 Å². The maximum atomic E-state index is 12.3. The molecule has 0 fully saturated rings. The molecule has 3 aromatic rings. The molecule has 0 N–H and O–H groups in total. The van der Waals surface area contributed by atoms with E-state index in [1.165, 1.54) is 6.08 Å². The van der Waals surface area contributed by atoms with Gasteiger partial charge in [0.25, 0.3) is 0 Å². The normalized spacial score (nSPS) is 10.6. The summed E-state index contributed by atoms with van der Waals surface area (Å²) in [4.78, 5) is 24.4. The van der Waals surface area contributed by atoms with Gasteiger partial charge in [0, 0.05) is 10.6 Å². The Morgan fingerprint density at radius 1 is 0.786 bits per heavy atom. The Kier molecular flexibility index (Phi) is 6.25. The molecule has 0 amide bonds. The molecule has 0 saturated heterocycles. The van der Waals surface area contributed by atoms with Gasteiger partial charge in [0.2, 0.25) is 0 Å². The number of hydrogen-bond donors (Lipinski definition) is 0. The van der Waals surface area contributed by atoms with Crippen LogP contribution >= 0.6 is 11.6 Å².